The van der Waals surface area contributed by atoms with Crippen LogP contribution < -0.4 is 14.8 Å². The van der Waals surface area contributed by atoms with E-state index in [1.165, 1.54) is 0 Å². The average Bonchev–Trinajstić information content (AvgIpc) is 2.60. The lowest BCUT2D eigenvalue weighted by Gasteiger charge is -2.36. The first-order valence-electron chi connectivity index (χ1n) is 8.94. The number of benzene rings is 1. The van der Waals surface area contributed by atoms with Crippen LogP contribution in [-0.4, -0.2) is 44.0 Å². The Kier molecular flexibility index (Phi) is 5.46. The van der Waals surface area contributed by atoms with E-state index in [0.29, 0.717) is 43.1 Å². The first-order valence-corrected chi connectivity index (χ1v) is 8.94. The van der Waals surface area contributed by atoms with Gasteiger partial charge in [-0.2, -0.15) is 0 Å². The second-order valence-electron chi connectivity index (χ2n) is 6.78. The quantitative estimate of drug-likeness (QED) is 0.890. The number of nitrogens with zero attached hydrogens (tertiary/aromatic N) is 1. The summed E-state index contributed by atoms with van der Waals surface area (Å²) in [6.45, 7) is 1.34. The van der Waals surface area contributed by atoms with Crippen molar-refractivity contribution >= 4 is 17.5 Å². The zero-order valence-electron chi connectivity index (χ0n) is 14.9. The van der Waals surface area contributed by atoms with Crippen LogP contribution in [0.1, 0.15) is 32.1 Å². The molecule has 6 heteroatoms. The third-order valence-electron chi connectivity index (χ3n) is 5.30. The molecule has 2 amide bonds. The highest BCUT2D eigenvalue weighted by Gasteiger charge is 2.33. The van der Waals surface area contributed by atoms with E-state index in [4.69, 9.17) is 9.47 Å². The fraction of sp³-hybridized carbons (Fsp3) is 0.579. The van der Waals surface area contributed by atoms with Crippen molar-refractivity contribution < 1.29 is 19.1 Å². The van der Waals surface area contributed by atoms with Gasteiger partial charge in [0.1, 0.15) is 11.5 Å². The number of carbonyl (C=O) groups excluding carboxylic acids is 2. The van der Waals surface area contributed by atoms with Gasteiger partial charge < -0.3 is 19.7 Å². The highest BCUT2D eigenvalue weighted by atomic mass is 16.5. The van der Waals surface area contributed by atoms with Crippen LogP contribution in [0.3, 0.4) is 0 Å². The topological polar surface area (TPSA) is 67.9 Å². The summed E-state index contributed by atoms with van der Waals surface area (Å²) < 4.78 is 10.5. The molecule has 136 valence electrons. The lowest BCUT2D eigenvalue weighted by atomic mass is 9.83. The largest absolute Gasteiger partial charge is 0.497 e. The maximum Gasteiger partial charge on any atom is 0.227 e. The van der Waals surface area contributed by atoms with E-state index in [0.717, 1.165) is 19.3 Å². The molecule has 2 aliphatic rings. The smallest absolute Gasteiger partial charge is 0.227 e. The van der Waals surface area contributed by atoms with Crippen LogP contribution in [0.15, 0.2) is 18.2 Å². The molecule has 0 atom stereocenters. The summed E-state index contributed by atoms with van der Waals surface area (Å²) in [5.41, 5.74) is 0.611. The zero-order valence-corrected chi connectivity index (χ0v) is 14.9. The summed E-state index contributed by atoms with van der Waals surface area (Å²) in [6.07, 6.45) is 4.62. The van der Waals surface area contributed by atoms with Crippen LogP contribution in [-0.2, 0) is 9.59 Å². The van der Waals surface area contributed by atoms with Gasteiger partial charge in [0.05, 0.1) is 19.9 Å². The molecular formula is C19H26N2O4. The molecule has 1 aliphatic carbocycles. The Bertz CT molecular complexity index is 634. The van der Waals surface area contributed by atoms with Crippen LogP contribution in [0.25, 0.3) is 0 Å². The third-order valence-corrected chi connectivity index (χ3v) is 5.30. The Morgan fingerprint density at radius 2 is 1.76 bits per heavy atom. The second-order valence-corrected chi connectivity index (χ2v) is 6.78. The minimum absolute atomic E-state index is 0.0257. The maximum atomic E-state index is 12.6. The Labute approximate surface area is 148 Å². The van der Waals surface area contributed by atoms with Crippen molar-refractivity contribution in [1.29, 1.82) is 0 Å². The molecule has 1 saturated heterocycles. The number of hydrogen-bond acceptors (Lipinski definition) is 4. The van der Waals surface area contributed by atoms with Gasteiger partial charge in [0.25, 0.3) is 0 Å². The first kappa shape index (κ1) is 17.6. The number of anilines is 1. The van der Waals surface area contributed by atoms with Crippen LogP contribution >= 0.6 is 0 Å². The molecule has 3 rings (SSSR count). The predicted molar refractivity (Wildman–Crippen MR) is 94.8 cm³/mol. The molecular weight excluding hydrogens is 320 g/mol. The van der Waals surface area contributed by atoms with E-state index >= 15 is 0 Å². The lowest BCUT2D eigenvalue weighted by molar-refractivity contribution is -0.140. The number of methoxy groups -OCH3 is 2. The number of ether oxygens (including phenoxy) is 2. The number of likely N-dealkylation sites (tertiary alicyclic amines) is 1. The molecule has 1 heterocycles. The molecule has 1 aromatic carbocycles. The van der Waals surface area contributed by atoms with Gasteiger partial charge >= 0.3 is 0 Å². The standard InChI is InChI=1S/C19H26N2O4/c1-24-15-6-7-17(25-2)16(12-15)20-18(22)13-8-10-21(11-9-13)19(23)14-4-3-5-14/h6-7,12-14H,3-5,8-11H2,1-2H3,(H,20,22). The van der Waals surface area contributed by atoms with Crippen molar-refractivity contribution in [2.24, 2.45) is 11.8 Å². The molecule has 6 nitrogen and oxygen atoms in total. The minimum atomic E-state index is -0.0821. The van der Waals surface area contributed by atoms with Gasteiger partial charge in [0.2, 0.25) is 11.8 Å². The molecule has 1 N–H and O–H groups in total. The first-order chi connectivity index (χ1) is 12.1. The van der Waals surface area contributed by atoms with Crippen molar-refractivity contribution in [3.05, 3.63) is 18.2 Å². The number of piperidine rings is 1. The highest BCUT2D eigenvalue weighted by molar-refractivity contribution is 5.94. The van der Waals surface area contributed by atoms with Gasteiger partial charge in [-0.1, -0.05) is 6.42 Å². The SMILES string of the molecule is COc1ccc(OC)c(NC(=O)C2CCN(C(=O)C3CCC3)CC2)c1. The normalized spacial score (nSPS) is 18.4. The average molecular weight is 346 g/mol. The summed E-state index contributed by atoms with van der Waals surface area (Å²) in [5, 5.41) is 2.95. The van der Waals surface area contributed by atoms with Crippen molar-refractivity contribution in [1.82, 2.24) is 4.90 Å². The molecule has 1 aromatic rings. The summed E-state index contributed by atoms with van der Waals surface area (Å²) in [6, 6.07) is 5.32. The van der Waals surface area contributed by atoms with E-state index in [2.05, 4.69) is 5.32 Å². The van der Waals surface area contributed by atoms with Crippen LogP contribution in [0.2, 0.25) is 0 Å². The van der Waals surface area contributed by atoms with Crippen LogP contribution in [0, 0.1) is 11.8 Å². The van der Waals surface area contributed by atoms with Gasteiger partial charge in [-0.05, 0) is 37.8 Å². The van der Waals surface area contributed by atoms with Crippen molar-refractivity contribution in [3.8, 4) is 11.5 Å². The van der Waals surface area contributed by atoms with Gasteiger partial charge in [0, 0.05) is 31.0 Å². The van der Waals surface area contributed by atoms with Gasteiger partial charge in [-0.15, -0.1) is 0 Å². The Balaban J connectivity index is 1.57. The molecule has 0 spiro atoms. The highest BCUT2D eigenvalue weighted by Crippen LogP contribution is 2.32. The van der Waals surface area contributed by atoms with Crippen LogP contribution in [0.4, 0.5) is 5.69 Å². The number of amides is 2. The summed E-state index contributed by atoms with van der Waals surface area (Å²) in [5.74, 6) is 1.67. The van der Waals surface area contributed by atoms with E-state index in [9.17, 15) is 9.59 Å². The monoisotopic (exact) mass is 346 g/mol. The number of carbonyl (C=O) groups is 2. The van der Waals surface area contributed by atoms with Crippen molar-refractivity contribution in [2.45, 2.75) is 32.1 Å². The van der Waals surface area contributed by atoms with Crippen molar-refractivity contribution in [3.63, 3.8) is 0 Å². The Hall–Kier alpha value is -2.24. The minimum Gasteiger partial charge on any atom is -0.497 e. The molecule has 25 heavy (non-hydrogen) atoms. The molecule has 0 aromatic heterocycles. The van der Waals surface area contributed by atoms with E-state index in [1.807, 2.05) is 4.90 Å². The molecule has 0 radical (unpaired) electrons. The van der Waals surface area contributed by atoms with E-state index in [-0.39, 0.29) is 23.7 Å². The van der Waals surface area contributed by atoms with E-state index in [1.54, 1.807) is 32.4 Å². The summed E-state index contributed by atoms with van der Waals surface area (Å²) in [4.78, 5) is 26.8. The van der Waals surface area contributed by atoms with Gasteiger partial charge in [-0.3, -0.25) is 9.59 Å². The van der Waals surface area contributed by atoms with Gasteiger partial charge in [0.15, 0.2) is 0 Å². The Morgan fingerprint density at radius 3 is 2.32 bits per heavy atom. The second kappa shape index (κ2) is 7.76. The zero-order chi connectivity index (χ0) is 17.8. The summed E-state index contributed by atoms with van der Waals surface area (Å²) in [7, 11) is 3.16. The van der Waals surface area contributed by atoms with E-state index < -0.39 is 0 Å². The lowest BCUT2D eigenvalue weighted by Crippen LogP contribution is -2.45. The number of hydrogen-bond donors (Lipinski definition) is 1. The molecule has 0 bridgehead atoms. The van der Waals surface area contributed by atoms with Crippen LogP contribution in [0.5, 0.6) is 11.5 Å². The fourth-order valence-electron chi connectivity index (χ4n) is 3.42. The van der Waals surface area contributed by atoms with Crippen molar-refractivity contribution in [2.75, 3.05) is 32.6 Å². The number of rotatable bonds is 5. The maximum absolute atomic E-state index is 12.6. The molecule has 1 saturated carbocycles. The molecule has 2 fully saturated rings. The Morgan fingerprint density at radius 1 is 1.04 bits per heavy atom. The molecule has 1 aliphatic heterocycles. The van der Waals surface area contributed by atoms with Gasteiger partial charge in [-0.25, -0.2) is 0 Å². The summed E-state index contributed by atoms with van der Waals surface area (Å²) >= 11 is 0. The predicted octanol–water partition coefficient (Wildman–Crippen LogP) is 2.68. The fourth-order valence-corrected chi connectivity index (χ4v) is 3.42. The number of nitrogens with one attached hydrogen (secondary N) is 1. The molecule has 0 unspecified atom stereocenters. The third kappa shape index (κ3) is 3.89.